The van der Waals surface area contributed by atoms with Gasteiger partial charge in [-0.15, -0.1) is 0 Å². The lowest BCUT2D eigenvalue weighted by Crippen LogP contribution is -2.43. The first-order chi connectivity index (χ1) is 13.3. The van der Waals surface area contributed by atoms with Crippen molar-refractivity contribution in [2.75, 3.05) is 0 Å². The molecule has 0 amide bonds. The van der Waals surface area contributed by atoms with Crippen molar-refractivity contribution < 1.29 is 14.0 Å². The van der Waals surface area contributed by atoms with Crippen molar-refractivity contribution in [1.82, 2.24) is 9.30 Å². The lowest BCUT2D eigenvalue weighted by atomic mass is 9.97. The van der Waals surface area contributed by atoms with Gasteiger partial charge in [0, 0.05) is 17.7 Å². The maximum atomic E-state index is 13.2. The maximum absolute atomic E-state index is 13.2. The Bertz CT molecular complexity index is 1100. The Morgan fingerprint density at radius 2 is 1.39 bits per heavy atom. The van der Waals surface area contributed by atoms with Gasteiger partial charge in [-0.25, -0.2) is 13.6 Å². The fraction of sp³-hybridized carbons (Fsp3) is 0.238. The highest BCUT2D eigenvalue weighted by Gasteiger charge is 2.21. The molecule has 0 saturated heterocycles. The number of benzene rings is 2. The topological polar surface area (TPSA) is 64.2 Å². The van der Waals surface area contributed by atoms with Crippen molar-refractivity contribution in [2.45, 2.75) is 32.7 Å². The second kappa shape index (κ2) is 7.80. The van der Waals surface area contributed by atoms with Crippen molar-refractivity contribution in [1.29, 1.82) is 0 Å². The van der Waals surface area contributed by atoms with Crippen LogP contribution in [0.5, 0.6) is 0 Å². The number of aromatic nitrogens is 2. The van der Waals surface area contributed by atoms with Crippen molar-refractivity contribution in [3.05, 3.63) is 103 Å². The van der Waals surface area contributed by atoms with Crippen LogP contribution >= 0.6 is 0 Å². The van der Waals surface area contributed by atoms with Crippen LogP contribution in [0, 0.1) is 11.6 Å². The van der Waals surface area contributed by atoms with Crippen molar-refractivity contribution in [3.8, 4) is 0 Å². The van der Waals surface area contributed by atoms with E-state index in [2.05, 4.69) is 0 Å². The molecule has 1 heterocycles. The third-order valence-corrected chi connectivity index (χ3v) is 4.59. The van der Waals surface area contributed by atoms with Crippen LogP contribution in [0.1, 0.15) is 42.1 Å². The van der Waals surface area contributed by atoms with Crippen LogP contribution in [0.4, 0.5) is 8.78 Å². The summed E-state index contributed by atoms with van der Waals surface area (Å²) in [7, 11) is 0. The molecule has 3 aromatic rings. The molecule has 0 radical (unpaired) electrons. The van der Waals surface area contributed by atoms with E-state index in [1.165, 1.54) is 41.0 Å². The first-order valence-electron chi connectivity index (χ1n) is 8.84. The maximum Gasteiger partial charge on any atom is 0.364 e. The quantitative estimate of drug-likeness (QED) is 0.685. The number of nitrogens with zero attached hydrogens (tertiary/aromatic N) is 2. The zero-order valence-corrected chi connectivity index (χ0v) is 15.5. The molecule has 0 bridgehead atoms. The fourth-order valence-corrected chi connectivity index (χ4v) is 3.20. The lowest BCUT2D eigenvalue weighted by molar-refractivity contribution is 0.152. The summed E-state index contributed by atoms with van der Waals surface area (Å²) >= 11 is 0. The first-order valence-corrected chi connectivity index (χ1v) is 8.84. The van der Waals surface area contributed by atoms with Gasteiger partial charge in [-0.1, -0.05) is 42.8 Å². The standard InChI is InChI=1S/C21H20F2N2O3/c1-13(2)19-18(11-14-3-7-16(22)8-4-14)24(21(27)25(28)20(19)26)12-15-5-9-17(23)10-6-15/h3-10,13,28H,11-12H2,1-2H3. The van der Waals surface area contributed by atoms with E-state index in [1.807, 2.05) is 0 Å². The Morgan fingerprint density at radius 1 is 0.893 bits per heavy atom. The molecular formula is C21H20F2N2O3. The molecular weight excluding hydrogens is 366 g/mol. The summed E-state index contributed by atoms with van der Waals surface area (Å²) in [5.74, 6) is -1.05. The molecule has 0 aliphatic rings. The number of hydrogen-bond donors (Lipinski definition) is 1. The van der Waals surface area contributed by atoms with E-state index in [-0.39, 0.29) is 29.4 Å². The number of halogens is 2. The molecule has 2 aromatic carbocycles. The molecule has 28 heavy (non-hydrogen) atoms. The van der Waals surface area contributed by atoms with Gasteiger partial charge >= 0.3 is 5.69 Å². The van der Waals surface area contributed by atoms with Gasteiger partial charge < -0.3 is 5.21 Å². The summed E-state index contributed by atoms with van der Waals surface area (Å²) in [5.41, 5.74) is 0.436. The van der Waals surface area contributed by atoms with Crippen LogP contribution in [0.2, 0.25) is 0 Å². The molecule has 1 N–H and O–H groups in total. The fourth-order valence-electron chi connectivity index (χ4n) is 3.20. The van der Waals surface area contributed by atoms with Crippen LogP contribution < -0.4 is 11.2 Å². The largest absolute Gasteiger partial charge is 0.421 e. The van der Waals surface area contributed by atoms with Crippen LogP contribution in [0.15, 0.2) is 58.1 Å². The van der Waals surface area contributed by atoms with Gasteiger partial charge in [-0.3, -0.25) is 9.36 Å². The monoisotopic (exact) mass is 386 g/mol. The Morgan fingerprint density at radius 3 is 1.89 bits per heavy atom. The van der Waals surface area contributed by atoms with Gasteiger partial charge in [0.25, 0.3) is 5.56 Å². The Balaban J connectivity index is 2.20. The van der Waals surface area contributed by atoms with Crippen LogP contribution in [0.25, 0.3) is 0 Å². The van der Waals surface area contributed by atoms with Gasteiger partial charge in [0.2, 0.25) is 0 Å². The number of hydrogen-bond acceptors (Lipinski definition) is 3. The van der Waals surface area contributed by atoms with Crippen molar-refractivity contribution in [3.63, 3.8) is 0 Å². The highest BCUT2D eigenvalue weighted by molar-refractivity contribution is 5.30. The van der Waals surface area contributed by atoms with Crippen LogP contribution in [-0.4, -0.2) is 14.5 Å². The van der Waals surface area contributed by atoms with Gasteiger partial charge in [0.1, 0.15) is 11.6 Å². The molecule has 0 spiro atoms. The summed E-state index contributed by atoms with van der Waals surface area (Å²) in [5, 5.41) is 10.0. The molecule has 0 atom stereocenters. The minimum absolute atomic E-state index is 0.0518. The second-order valence-corrected chi connectivity index (χ2v) is 6.93. The third kappa shape index (κ3) is 3.88. The predicted octanol–water partition coefficient (Wildman–Crippen LogP) is 3.29. The smallest absolute Gasteiger partial charge is 0.364 e. The van der Waals surface area contributed by atoms with Crippen molar-refractivity contribution >= 4 is 0 Å². The summed E-state index contributed by atoms with van der Waals surface area (Å²) in [6.07, 6.45) is 0.209. The Kier molecular flexibility index (Phi) is 5.44. The third-order valence-electron chi connectivity index (χ3n) is 4.59. The molecule has 0 aliphatic carbocycles. The summed E-state index contributed by atoms with van der Waals surface area (Å²) in [4.78, 5) is 25.2. The average Bonchev–Trinajstić information content (AvgIpc) is 2.66. The summed E-state index contributed by atoms with van der Waals surface area (Å²) < 4.78 is 27.9. The zero-order valence-electron chi connectivity index (χ0n) is 15.5. The molecule has 3 rings (SSSR count). The minimum atomic E-state index is -0.879. The predicted molar refractivity (Wildman–Crippen MR) is 101 cm³/mol. The van der Waals surface area contributed by atoms with Crippen LogP contribution in [-0.2, 0) is 13.0 Å². The Labute approximate surface area is 160 Å². The highest BCUT2D eigenvalue weighted by Crippen LogP contribution is 2.19. The molecule has 0 aliphatic heterocycles. The highest BCUT2D eigenvalue weighted by atomic mass is 19.1. The van der Waals surface area contributed by atoms with Gasteiger partial charge in [-0.05, 0) is 41.3 Å². The van der Waals surface area contributed by atoms with Crippen molar-refractivity contribution in [2.24, 2.45) is 0 Å². The van der Waals surface area contributed by atoms with Gasteiger partial charge in [0.15, 0.2) is 0 Å². The minimum Gasteiger partial charge on any atom is -0.421 e. The summed E-state index contributed by atoms with van der Waals surface area (Å²) in [6.45, 7) is 3.63. The average molecular weight is 386 g/mol. The van der Waals surface area contributed by atoms with E-state index in [0.29, 0.717) is 22.4 Å². The van der Waals surface area contributed by atoms with E-state index in [9.17, 15) is 23.6 Å². The SMILES string of the molecule is CC(C)c1c(Cc2ccc(F)cc2)n(Cc2ccc(F)cc2)c(=O)n(O)c1=O. The molecule has 7 heteroatoms. The van der Waals surface area contributed by atoms with Gasteiger partial charge in [0.05, 0.1) is 6.54 Å². The van der Waals surface area contributed by atoms with Crippen LogP contribution in [0.3, 0.4) is 0 Å². The molecule has 146 valence electrons. The zero-order chi connectivity index (χ0) is 20.4. The van der Waals surface area contributed by atoms with E-state index in [4.69, 9.17) is 0 Å². The molecule has 0 unspecified atom stereocenters. The second-order valence-electron chi connectivity index (χ2n) is 6.93. The molecule has 0 fully saturated rings. The lowest BCUT2D eigenvalue weighted by Gasteiger charge is -2.19. The molecule has 1 aromatic heterocycles. The van der Waals surface area contributed by atoms with E-state index in [0.717, 1.165) is 0 Å². The molecule has 0 saturated carbocycles. The number of rotatable bonds is 5. The summed E-state index contributed by atoms with van der Waals surface area (Å²) in [6, 6.07) is 11.4. The van der Waals surface area contributed by atoms with E-state index in [1.54, 1.807) is 26.0 Å². The Hall–Kier alpha value is -3.22. The normalized spacial score (nSPS) is 11.2. The van der Waals surface area contributed by atoms with Gasteiger partial charge in [-0.2, -0.15) is 0 Å². The first kappa shape index (κ1) is 19.5. The van der Waals surface area contributed by atoms with E-state index < -0.39 is 17.1 Å². The molecule has 5 nitrogen and oxygen atoms in total. The van der Waals surface area contributed by atoms with E-state index >= 15 is 0 Å².